The molecule has 0 aliphatic carbocycles. The molecule has 1 saturated heterocycles. The molecule has 3 N–H and O–H groups in total. The summed E-state index contributed by atoms with van der Waals surface area (Å²) in [5.41, 5.74) is 8.70. The minimum atomic E-state index is 0.122. The smallest absolute Gasteiger partial charge is 0.124 e. The van der Waals surface area contributed by atoms with Crippen molar-refractivity contribution in [3.05, 3.63) is 29.3 Å². The van der Waals surface area contributed by atoms with Gasteiger partial charge >= 0.3 is 0 Å². The number of morpholine rings is 1. The molecule has 4 heteroatoms. The number of ether oxygens (including phenoxy) is 1. The first-order valence-electron chi connectivity index (χ1n) is 6.33. The molecule has 0 saturated carbocycles. The van der Waals surface area contributed by atoms with E-state index in [1.807, 2.05) is 12.1 Å². The third kappa shape index (κ3) is 2.64. The molecule has 0 aromatic heterocycles. The van der Waals surface area contributed by atoms with Crippen LogP contribution in [0.4, 0.5) is 5.69 Å². The van der Waals surface area contributed by atoms with Gasteiger partial charge in [0.25, 0.3) is 0 Å². The Balaban J connectivity index is 2.36. The van der Waals surface area contributed by atoms with E-state index in [1.165, 1.54) is 5.56 Å². The van der Waals surface area contributed by atoms with Crippen molar-refractivity contribution >= 4 is 11.5 Å². The van der Waals surface area contributed by atoms with E-state index < -0.39 is 0 Å². The first-order valence-corrected chi connectivity index (χ1v) is 6.33. The maximum Gasteiger partial charge on any atom is 0.124 e. The molecule has 1 aliphatic heterocycles. The van der Waals surface area contributed by atoms with Crippen LogP contribution in [0.25, 0.3) is 0 Å². The Bertz CT molecular complexity index is 448. The predicted molar refractivity (Wildman–Crippen MR) is 74.4 cm³/mol. The molecule has 0 spiro atoms. The molecule has 1 aromatic rings. The number of amidine groups is 1. The molecule has 0 unspecified atom stereocenters. The molecule has 4 nitrogen and oxygen atoms in total. The molecule has 2 rings (SSSR count). The summed E-state index contributed by atoms with van der Waals surface area (Å²) < 4.78 is 5.74. The highest BCUT2D eigenvalue weighted by Crippen LogP contribution is 2.25. The summed E-state index contributed by atoms with van der Waals surface area (Å²) in [6.45, 7) is 7.89. The Morgan fingerprint density at radius 1 is 1.33 bits per heavy atom. The zero-order valence-electron chi connectivity index (χ0n) is 11.2. The van der Waals surface area contributed by atoms with Gasteiger partial charge in [-0.25, -0.2) is 0 Å². The van der Waals surface area contributed by atoms with Crippen molar-refractivity contribution in [3.8, 4) is 0 Å². The van der Waals surface area contributed by atoms with E-state index in [0.717, 1.165) is 24.3 Å². The van der Waals surface area contributed by atoms with Crippen molar-refractivity contribution in [2.75, 3.05) is 18.0 Å². The lowest BCUT2D eigenvalue weighted by Gasteiger charge is -2.37. The summed E-state index contributed by atoms with van der Waals surface area (Å²) in [7, 11) is 0. The standard InChI is InChI=1S/C14H21N3O/c1-9-4-5-12(14(15)16)13(6-9)17-7-10(2)18-11(3)8-17/h4-6,10-11H,7-8H2,1-3H3,(H3,15,16)/t10-,11+. The van der Waals surface area contributed by atoms with Gasteiger partial charge in [-0.05, 0) is 38.5 Å². The molecule has 0 amide bonds. The van der Waals surface area contributed by atoms with E-state index in [-0.39, 0.29) is 18.0 Å². The van der Waals surface area contributed by atoms with Crippen molar-refractivity contribution < 1.29 is 4.74 Å². The second-order valence-electron chi connectivity index (χ2n) is 5.10. The third-order valence-electron chi connectivity index (χ3n) is 3.20. The molecule has 1 heterocycles. The van der Waals surface area contributed by atoms with Gasteiger partial charge in [0.2, 0.25) is 0 Å². The molecule has 0 radical (unpaired) electrons. The zero-order valence-corrected chi connectivity index (χ0v) is 11.2. The maximum atomic E-state index is 7.69. The Hall–Kier alpha value is -1.55. The van der Waals surface area contributed by atoms with E-state index in [2.05, 4.69) is 31.7 Å². The van der Waals surface area contributed by atoms with Crippen LogP contribution in [0, 0.1) is 12.3 Å². The lowest BCUT2D eigenvalue weighted by atomic mass is 10.1. The Labute approximate surface area is 108 Å². The van der Waals surface area contributed by atoms with Crippen LogP contribution in [-0.2, 0) is 4.74 Å². The van der Waals surface area contributed by atoms with Crippen molar-refractivity contribution in [2.45, 2.75) is 33.0 Å². The second kappa shape index (κ2) is 4.98. The molecule has 0 bridgehead atoms. The van der Waals surface area contributed by atoms with Gasteiger partial charge in [-0.1, -0.05) is 6.07 Å². The number of hydrogen-bond acceptors (Lipinski definition) is 3. The normalized spacial score (nSPS) is 24.1. The summed E-state index contributed by atoms with van der Waals surface area (Å²) in [6.07, 6.45) is 0.406. The second-order valence-corrected chi connectivity index (χ2v) is 5.10. The van der Waals surface area contributed by atoms with Gasteiger partial charge in [-0.3, -0.25) is 5.41 Å². The first-order chi connectivity index (χ1) is 8.47. The first kappa shape index (κ1) is 12.9. The fourth-order valence-electron chi connectivity index (χ4n) is 2.51. The number of nitrogens with zero attached hydrogens (tertiary/aromatic N) is 1. The number of hydrogen-bond donors (Lipinski definition) is 2. The minimum absolute atomic E-state index is 0.122. The number of nitrogens with two attached hydrogens (primary N) is 1. The van der Waals surface area contributed by atoms with Crippen LogP contribution in [0.2, 0.25) is 0 Å². The van der Waals surface area contributed by atoms with Gasteiger partial charge in [0.05, 0.1) is 12.2 Å². The summed E-state index contributed by atoms with van der Waals surface area (Å²) >= 11 is 0. The molecule has 98 valence electrons. The van der Waals surface area contributed by atoms with Crippen LogP contribution in [0.5, 0.6) is 0 Å². The summed E-state index contributed by atoms with van der Waals surface area (Å²) in [4.78, 5) is 2.27. The number of benzene rings is 1. The minimum Gasteiger partial charge on any atom is -0.384 e. The average molecular weight is 247 g/mol. The van der Waals surface area contributed by atoms with Crippen molar-refractivity contribution in [3.63, 3.8) is 0 Å². The van der Waals surface area contributed by atoms with E-state index in [0.29, 0.717) is 0 Å². The highest BCUT2D eigenvalue weighted by atomic mass is 16.5. The number of rotatable bonds is 2. The van der Waals surface area contributed by atoms with Gasteiger partial charge in [0, 0.05) is 24.3 Å². The van der Waals surface area contributed by atoms with Crippen LogP contribution in [0.15, 0.2) is 18.2 Å². The maximum absolute atomic E-state index is 7.69. The lowest BCUT2D eigenvalue weighted by molar-refractivity contribution is -0.00522. The van der Waals surface area contributed by atoms with E-state index in [1.54, 1.807) is 0 Å². The lowest BCUT2D eigenvalue weighted by Crippen LogP contribution is -2.46. The van der Waals surface area contributed by atoms with Crippen LogP contribution in [0.3, 0.4) is 0 Å². The molecule has 1 aliphatic rings. The number of nitrogens with one attached hydrogen (secondary N) is 1. The quantitative estimate of drug-likeness (QED) is 0.619. The molecular formula is C14H21N3O. The summed E-state index contributed by atoms with van der Waals surface area (Å²) in [5, 5.41) is 7.69. The van der Waals surface area contributed by atoms with E-state index >= 15 is 0 Å². The van der Waals surface area contributed by atoms with Crippen molar-refractivity contribution in [1.82, 2.24) is 0 Å². The van der Waals surface area contributed by atoms with Crippen molar-refractivity contribution in [1.29, 1.82) is 5.41 Å². The average Bonchev–Trinajstić information content (AvgIpc) is 2.27. The van der Waals surface area contributed by atoms with Crippen LogP contribution >= 0.6 is 0 Å². The van der Waals surface area contributed by atoms with E-state index in [4.69, 9.17) is 15.9 Å². The zero-order chi connectivity index (χ0) is 13.3. The molecule has 2 atom stereocenters. The van der Waals surface area contributed by atoms with Gasteiger partial charge in [0.1, 0.15) is 5.84 Å². The molecular weight excluding hydrogens is 226 g/mol. The van der Waals surface area contributed by atoms with Crippen LogP contribution < -0.4 is 10.6 Å². The largest absolute Gasteiger partial charge is 0.384 e. The number of nitrogen functional groups attached to an aromatic ring is 1. The van der Waals surface area contributed by atoms with Crippen LogP contribution in [-0.4, -0.2) is 31.1 Å². The van der Waals surface area contributed by atoms with Gasteiger partial charge in [0.15, 0.2) is 0 Å². The Morgan fingerprint density at radius 3 is 2.50 bits per heavy atom. The van der Waals surface area contributed by atoms with Gasteiger partial charge in [-0.2, -0.15) is 0 Å². The molecule has 1 fully saturated rings. The summed E-state index contributed by atoms with van der Waals surface area (Å²) in [5.74, 6) is 0.122. The molecule has 18 heavy (non-hydrogen) atoms. The topological polar surface area (TPSA) is 62.3 Å². The van der Waals surface area contributed by atoms with Crippen molar-refractivity contribution in [2.24, 2.45) is 5.73 Å². The molecule has 1 aromatic carbocycles. The van der Waals surface area contributed by atoms with Gasteiger partial charge < -0.3 is 15.4 Å². The fourth-order valence-corrected chi connectivity index (χ4v) is 2.51. The predicted octanol–water partition coefficient (Wildman–Crippen LogP) is 1.89. The third-order valence-corrected chi connectivity index (χ3v) is 3.20. The van der Waals surface area contributed by atoms with E-state index in [9.17, 15) is 0 Å². The fraction of sp³-hybridized carbons (Fsp3) is 0.500. The number of aryl methyl sites for hydroxylation is 1. The van der Waals surface area contributed by atoms with Gasteiger partial charge in [-0.15, -0.1) is 0 Å². The monoisotopic (exact) mass is 247 g/mol. The highest BCUT2D eigenvalue weighted by molar-refractivity contribution is 6.00. The SMILES string of the molecule is Cc1ccc(C(=N)N)c(N2C[C@@H](C)O[C@@H](C)C2)c1. The highest BCUT2D eigenvalue weighted by Gasteiger charge is 2.24. The van der Waals surface area contributed by atoms with Crippen LogP contribution in [0.1, 0.15) is 25.0 Å². The number of anilines is 1. The Kier molecular flexibility index (Phi) is 3.57. The summed E-state index contributed by atoms with van der Waals surface area (Å²) in [6, 6.07) is 6.02. The Morgan fingerprint density at radius 2 is 1.94 bits per heavy atom.